The highest BCUT2D eigenvalue weighted by Gasteiger charge is 2.17. The maximum atomic E-state index is 10.8. The molecule has 1 aromatic carbocycles. The van der Waals surface area contributed by atoms with Gasteiger partial charge < -0.3 is 4.74 Å². The van der Waals surface area contributed by atoms with Gasteiger partial charge >= 0.3 is 0 Å². The Kier molecular flexibility index (Phi) is 4.15. The van der Waals surface area contributed by atoms with Crippen LogP contribution in [0, 0.1) is 10.1 Å². The lowest BCUT2D eigenvalue weighted by molar-refractivity contribution is -0.385. The highest BCUT2D eigenvalue weighted by molar-refractivity contribution is 5.43. The van der Waals surface area contributed by atoms with E-state index in [2.05, 4.69) is 4.90 Å². The van der Waals surface area contributed by atoms with E-state index in [0.29, 0.717) is 6.61 Å². The van der Waals surface area contributed by atoms with Crippen molar-refractivity contribution >= 4 is 5.69 Å². The van der Waals surface area contributed by atoms with Crippen molar-refractivity contribution in [1.82, 2.24) is 4.90 Å². The summed E-state index contributed by atoms with van der Waals surface area (Å²) >= 11 is 0. The van der Waals surface area contributed by atoms with E-state index in [0.717, 1.165) is 30.9 Å². The normalized spacial score (nSPS) is 15.8. The van der Waals surface area contributed by atoms with Gasteiger partial charge in [0.05, 0.1) is 11.5 Å². The summed E-state index contributed by atoms with van der Waals surface area (Å²) in [4.78, 5) is 12.8. The number of nitrogens with zero attached hydrogens (tertiary/aromatic N) is 2. The number of likely N-dealkylation sites (tertiary alicyclic amines) is 1. The molecule has 1 aliphatic heterocycles. The molecule has 18 heavy (non-hydrogen) atoms. The number of rotatable bonds is 5. The Bertz CT molecular complexity index is 428. The first-order chi connectivity index (χ1) is 8.70. The van der Waals surface area contributed by atoms with E-state index in [1.54, 1.807) is 12.1 Å². The molecule has 0 N–H and O–H groups in total. The van der Waals surface area contributed by atoms with Crippen LogP contribution in [0.25, 0.3) is 0 Å². The number of hydrogen-bond donors (Lipinski definition) is 0. The number of benzene rings is 1. The molecular weight excluding hydrogens is 232 g/mol. The van der Waals surface area contributed by atoms with Gasteiger partial charge in [-0.05, 0) is 38.9 Å². The largest absolute Gasteiger partial charge is 0.494 e. The average molecular weight is 250 g/mol. The summed E-state index contributed by atoms with van der Waals surface area (Å²) in [5, 5.41) is 10.8. The second-order valence-electron chi connectivity index (χ2n) is 4.47. The predicted octanol–water partition coefficient (Wildman–Crippen LogP) is 2.59. The van der Waals surface area contributed by atoms with E-state index in [4.69, 9.17) is 4.74 Å². The van der Waals surface area contributed by atoms with Crippen LogP contribution >= 0.6 is 0 Å². The van der Waals surface area contributed by atoms with Crippen molar-refractivity contribution in [1.29, 1.82) is 0 Å². The molecule has 1 aliphatic rings. The number of ether oxygens (including phenoxy) is 1. The highest BCUT2D eigenvalue weighted by Crippen LogP contribution is 2.26. The van der Waals surface area contributed by atoms with Crippen molar-refractivity contribution < 1.29 is 9.66 Å². The third kappa shape index (κ3) is 2.98. The fourth-order valence-corrected chi connectivity index (χ4v) is 2.28. The van der Waals surface area contributed by atoms with E-state index < -0.39 is 0 Å². The number of non-ortho nitro benzene ring substituents is 1. The van der Waals surface area contributed by atoms with Crippen molar-refractivity contribution in [3.8, 4) is 5.75 Å². The summed E-state index contributed by atoms with van der Waals surface area (Å²) in [5.74, 6) is 0.759. The Hall–Kier alpha value is -1.62. The van der Waals surface area contributed by atoms with E-state index in [1.165, 1.54) is 18.9 Å². The molecule has 0 radical (unpaired) electrons. The van der Waals surface area contributed by atoms with Gasteiger partial charge in [0.25, 0.3) is 5.69 Å². The van der Waals surface area contributed by atoms with Gasteiger partial charge in [0.1, 0.15) is 5.75 Å². The third-order valence-electron chi connectivity index (χ3n) is 3.15. The van der Waals surface area contributed by atoms with Crippen LogP contribution in [-0.4, -0.2) is 29.5 Å². The molecule has 0 aliphatic carbocycles. The molecule has 1 heterocycles. The molecular formula is C13H18N2O3. The molecule has 2 rings (SSSR count). The second kappa shape index (κ2) is 5.82. The lowest BCUT2D eigenvalue weighted by Crippen LogP contribution is -2.19. The smallest absolute Gasteiger partial charge is 0.270 e. The van der Waals surface area contributed by atoms with Crippen molar-refractivity contribution in [2.24, 2.45) is 0 Å². The zero-order chi connectivity index (χ0) is 13.0. The van der Waals surface area contributed by atoms with Gasteiger partial charge in [-0.15, -0.1) is 0 Å². The number of nitro benzene ring substituents is 1. The molecule has 5 nitrogen and oxygen atoms in total. The van der Waals surface area contributed by atoms with Gasteiger partial charge in [-0.2, -0.15) is 0 Å². The molecule has 0 saturated carbocycles. The van der Waals surface area contributed by atoms with E-state index >= 15 is 0 Å². The van der Waals surface area contributed by atoms with Crippen LogP contribution in [0.3, 0.4) is 0 Å². The summed E-state index contributed by atoms with van der Waals surface area (Å²) in [7, 11) is 0. The summed E-state index contributed by atoms with van der Waals surface area (Å²) in [6.45, 7) is 5.35. The number of hydrogen-bond acceptors (Lipinski definition) is 4. The summed E-state index contributed by atoms with van der Waals surface area (Å²) < 4.78 is 5.53. The Balaban J connectivity index is 2.21. The van der Waals surface area contributed by atoms with E-state index in [9.17, 15) is 10.1 Å². The maximum Gasteiger partial charge on any atom is 0.270 e. The minimum atomic E-state index is -0.358. The van der Waals surface area contributed by atoms with Gasteiger partial charge in [-0.25, -0.2) is 0 Å². The fourth-order valence-electron chi connectivity index (χ4n) is 2.28. The SMILES string of the molecule is CCOc1ccc([N+](=O)[O-])cc1CN1CCCC1. The topological polar surface area (TPSA) is 55.6 Å². The van der Waals surface area contributed by atoms with Crippen molar-refractivity contribution in [3.63, 3.8) is 0 Å². The second-order valence-corrected chi connectivity index (χ2v) is 4.47. The van der Waals surface area contributed by atoms with Crippen LogP contribution in [0.1, 0.15) is 25.3 Å². The minimum Gasteiger partial charge on any atom is -0.494 e. The highest BCUT2D eigenvalue weighted by atomic mass is 16.6. The first kappa shape index (κ1) is 12.8. The first-order valence-electron chi connectivity index (χ1n) is 6.33. The Morgan fingerprint density at radius 1 is 1.39 bits per heavy atom. The molecule has 5 heteroatoms. The van der Waals surface area contributed by atoms with Crippen molar-refractivity contribution in [2.45, 2.75) is 26.3 Å². The van der Waals surface area contributed by atoms with E-state index in [1.807, 2.05) is 6.92 Å². The molecule has 0 amide bonds. The first-order valence-corrected chi connectivity index (χ1v) is 6.33. The van der Waals surface area contributed by atoms with Crippen LogP contribution in [0.15, 0.2) is 18.2 Å². The predicted molar refractivity (Wildman–Crippen MR) is 68.8 cm³/mol. The molecule has 0 spiro atoms. The van der Waals surface area contributed by atoms with Crippen LogP contribution in [-0.2, 0) is 6.54 Å². The van der Waals surface area contributed by atoms with Gasteiger partial charge in [0, 0.05) is 24.2 Å². The van der Waals surface area contributed by atoms with Gasteiger partial charge in [0.2, 0.25) is 0 Å². The fraction of sp³-hybridized carbons (Fsp3) is 0.538. The zero-order valence-electron chi connectivity index (χ0n) is 10.6. The molecule has 1 aromatic rings. The number of nitro groups is 1. The Labute approximate surface area is 107 Å². The third-order valence-corrected chi connectivity index (χ3v) is 3.15. The van der Waals surface area contributed by atoms with Crippen LogP contribution in [0.2, 0.25) is 0 Å². The van der Waals surface area contributed by atoms with Crippen LogP contribution in [0.5, 0.6) is 5.75 Å². The molecule has 1 saturated heterocycles. The van der Waals surface area contributed by atoms with Crippen LogP contribution in [0.4, 0.5) is 5.69 Å². The molecule has 0 unspecified atom stereocenters. The Morgan fingerprint density at radius 2 is 2.11 bits per heavy atom. The van der Waals surface area contributed by atoms with E-state index in [-0.39, 0.29) is 10.6 Å². The van der Waals surface area contributed by atoms with Gasteiger partial charge in [-0.3, -0.25) is 15.0 Å². The minimum absolute atomic E-state index is 0.132. The maximum absolute atomic E-state index is 10.8. The molecule has 98 valence electrons. The van der Waals surface area contributed by atoms with Crippen LogP contribution < -0.4 is 4.74 Å². The summed E-state index contributed by atoms with van der Waals surface area (Å²) in [6.07, 6.45) is 2.41. The standard InChI is InChI=1S/C13H18N2O3/c1-2-18-13-6-5-12(15(16)17)9-11(13)10-14-7-3-4-8-14/h5-6,9H,2-4,7-8,10H2,1H3. The zero-order valence-corrected chi connectivity index (χ0v) is 10.6. The lowest BCUT2D eigenvalue weighted by Gasteiger charge is -2.17. The quantitative estimate of drug-likeness (QED) is 0.595. The summed E-state index contributed by atoms with van der Waals surface area (Å²) in [6, 6.07) is 4.83. The summed E-state index contributed by atoms with van der Waals surface area (Å²) in [5.41, 5.74) is 1.04. The van der Waals surface area contributed by atoms with Crippen molar-refractivity contribution in [2.75, 3.05) is 19.7 Å². The molecule has 1 fully saturated rings. The molecule has 0 bridgehead atoms. The lowest BCUT2D eigenvalue weighted by atomic mass is 10.1. The van der Waals surface area contributed by atoms with Crippen molar-refractivity contribution in [3.05, 3.63) is 33.9 Å². The molecule has 0 atom stereocenters. The van der Waals surface area contributed by atoms with Gasteiger partial charge in [0.15, 0.2) is 0 Å². The Morgan fingerprint density at radius 3 is 2.72 bits per heavy atom. The average Bonchev–Trinajstić information content (AvgIpc) is 2.84. The van der Waals surface area contributed by atoms with Gasteiger partial charge in [-0.1, -0.05) is 0 Å². The monoisotopic (exact) mass is 250 g/mol. The molecule has 0 aromatic heterocycles.